The zero-order chi connectivity index (χ0) is 6.69. The molecule has 0 radical (unpaired) electrons. The van der Waals surface area contributed by atoms with Gasteiger partial charge in [0.15, 0.2) is 0 Å². The summed E-state index contributed by atoms with van der Waals surface area (Å²) in [4.78, 5) is 0. The Morgan fingerprint density at radius 3 is 1.89 bits per heavy atom. The Morgan fingerprint density at radius 2 is 1.56 bits per heavy atom. The van der Waals surface area contributed by atoms with Gasteiger partial charge in [0.05, 0.1) is 5.50 Å². The van der Waals surface area contributed by atoms with Gasteiger partial charge in [-0.2, -0.15) is 0 Å². The number of thiol groups is 1. The molecule has 0 spiro atoms. The van der Waals surface area contributed by atoms with Gasteiger partial charge in [0.25, 0.3) is 0 Å². The minimum Gasteiger partial charge on any atom is -0.309 e. The number of rotatable bonds is 1. The van der Waals surface area contributed by atoms with E-state index in [4.69, 9.17) is 11.5 Å². The van der Waals surface area contributed by atoms with E-state index >= 15 is 0 Å². The van der Waals surface area contributed by atoms with Gasteiger partial charge in [-0.15, -0.1) is 0 Å². The van der Waals surface area contributed by atoms with E-state index in [-0.39, 0.29) is 16.4 Å². The lowest BCUT2D eigenvalue weighted by atomic mass is 10.3. The Hall–Kier alpha value is 0.270. The Kier molecular flexibility index (Phi) is 2.82. The number of nitrogens with two attached hydrogens (primary N) is 2. The molecule has 1 saturated heterocycles. The molecule has 0 atom stereocenters. The van der Waals surface area contributed by atoms with Crippen LogP contribution in [-0.4, -0.2) is 17.0 Å². The molecule has 2 nitrogen and oxygen atoms in total. The van der Waals surface area contributed by atoms with E-state index in [1.807, 2.05) is 0 Å². The molecule has 1 aliphatic rings. The van der Waals surface area contributed by atoms with Crippen molar-refractivity contribution in [2.24, 2.45) is 11.5 Å². The van der Waals surface area contributed by atoms with Gasteiger partial charge in [-0.25, -0.2) is 10.9 Å². The summed E-state index contributed by atoms with van der Waals surface area (Å²) in [6, 6.07) is 0. The highest BCUT2D eigenvalue weighted by Crippen LogP contribution is 2.33. The molecule has 4 N–H and O–H groups in total. The Morgan fingerprint density at radius 1 is 1.00 bits per heavy atom. The predicted molar refractivity (Wildman–Crippen MR) is 44.7 cm³/mol. The van der Waals surface area contributed by atoms with Gasteiger partial charge in [0.1, 0.15) is 0 Å². The van der Waals surface area contributed by atoms with Crippen LogP contribution in [0.25, 0.3) is 0 Å². The monoisotopic (exact) mass is 148 g/mol. The molecule has 56 valence electrons. The van der Waals surface area contributed by atoms with Gasteiger partial charge in [0.2, 0.25) is 0 Å². The molecule has 0 aromatic heterocycles. The van der Waals surface area contributed by atoms with Crippen molar-refractivity contribution in [1.82, 2.24) is 0 Å². The minimum atomic E-state index is 0.000278. The molecule has 1 fully saturated rings. The second-order valence-corrected chi connectivity index (χ2v) is 5.26. The predicted octanol–water partition coefficient (Wildman–Crippen LogP) is 0.372. The fourth-order valence-electron chi connectivity index (χ4n) is 1.22. The van der Waals surface area contributed by atoms with E-state index in [0.29, 0.717) is 0 Å². The van der Waals surface area contributed by atoms with Crippen molar-refractivity contribution >= 4 is 10.9 Å². The molecule has 3 heteroatoms. The van der Waals surface area contributed by atoms with E-state index < -0.39 is 0 Å². The maximum Gasteiger partial charge on any atom is 0.0824 e. The van der Waals surface area contributed by atoms with E-state index in [1.54, 1.807) is 0 Å². The first-order chi connectivity index (χ1) is 4.30. The summed E-state index contributed by atoms with van der Waals surface area (Å²) < 4.78 is 0. The van der Waals surface area contributed by atoms with Crippen LogP contribution >= 0.6 is 10.9 Å². The third-order valence-corrected chi connectivity index (χ3v) is 4.44. The third-order valence-electron chi connectivity index (χ3n) is 1.81. The maximum atomic E-state index is 5.57. The second kappa shape index (κ2) is 3.44. The quantitative estimate of drug-likeness (QED) is 0.372. The van der Waals surface area contributed by atoms with Gasteiger partial charge in [0, 0.05) is 0 Å². The van der Waals surface area contributed by atoms with Crippen molar-refractivity contribution in [3.05, 3.63) is 0 Å². The zero-order valence-electron chi connectivity index (χ0n) is 5.71. The first-order valence-corrected chi connectivity index (χ1v) is 5.34. The van der Waals surface area contributed by atoms with Crippen LogP contribution < -0.4 is 11.5 Å². The highest BCUT2D eigenvalue weighted by atomic mass is 32.2. The molecular formula is C6H16N2S. The number of hydrogen-bond donors (Lipinski definition) is 3. The normalized spacial score (nSPS) is 25.0. The van der Waals surface area contributed by atoms with Crippen molar-refractivity contribution in [2.45, 2.75) is 24.8 Å². The summed E-state index contributed by atoms with van der Waals surface area (Å²) in [5, 5.41) is 0. The largest absolute Gasteiger partial charge is 0.309 e. The van der Waals surface area contributed by atoms with Crippen LogP contribution in [0.2, 0.25) is 0 Å². The summed E-state index contributed by atoms with van der Waals surface area (Å²) >= 11 is 0. The van der Waals surface area contributed by atoms with Gasteiger partial charge in [-0.1, -0.05) is 6.42 Å². The average molecular weight is 148 g/mol. The molecule has 0 amide bonds. The Bertz CT molecular complexity index is 79.1. The Balaban J connectivity index is 2.23. The van der Waals surface area contributed by atoms with Crippen LogP contribution in [0.3, 0.4) is 0 Å². The molecule has 0 aromatic rings. The zero-order valence-corrected chi connectivity index (χ0v) is 6.61. The smallest absolute Gasteiger partial charge is 0.0824 e. The third kappa shape index (κ3) is 2.16. The first kappa shape index (κ1) is 7.38. The lowest BCUT2D eigenvalue weighted by Crippen LogP contribution is -2.33. The molecule has 1 aliphatic heterocycles. The van der Waals surface area contributed by atoms with Crippen LogP contribution in [0.15, 0.2) is 0 Å². The van der Waals surface area contributed by atoms with Crippen LogP contribution in [0.1, 0.15) is 19.3 Å². The summed E-state index contributed by atoms with van der Waals surface area (Å²) in [5.41, 5.74) is 11.1. The average Bonchev–Trinajstić information content (AvgIpc) is 1.90. The van der Waals surface area contributed by atoms with E-state index in [9.17, 15) is 0 Å². The fraction of sp³-hybridized carbons (Fsp3) is 1.00. The van der Waals surface area contributed by atoms with Crippen molar-refractivity contribution in [3.63, 3.8) is 0 Å². The molecule has 0 aliphatic carbocycles. The molecule has 0 unspecified atom stereocenters. The fourth-order valence-corrected chi connectivity index (χ4v) is 3.30. The Labute approximate surface area is 59.3 Å². The summed E-state index contributed by atoms with van der Waals surface area (Å²) in [6.07, 6.45) is 4.11. The summed E-state index contributed by atoms with van der Waals surface area (Å²) in [5.74, 6) is 2.62. The maximum absolute atomic E-state index is 5.57. The van der Waals surface area contributed by atoms with Crippen molar-refractivity contribution in [1.29, 1.82) is 0 Å². The van der Waals surface area contributed by atoms with Crippen molar-refractivity contribution in [3.8, 4) is 0 Å². The van der Waals surface area contributed by atoms with E-state index in [1.165, 1.54) is 30.8 Å². The number of hydrogen-bond acceptors (Lipinski definition) is 2. The van der Waals surface area contributed by atoms with Crippen LogP contribution in [0.4, 0.5) is 0 Å². The molecule has 1 rings (SSSR count). The van der Waals surface area contributed by atoms with Crippen molar-refractivity contribution < 1.29 is 0 Å². The second-order valence-electron chi connectivity index (χ2n) is 2.59. The standard InChI is InChI=1S/C6H16N2S/c7-6(8)9-4-2-1-3-5-9/h6,9H,1-5,7-8H2. The highest BCUT2D eigenvalue weighted by Gasteiger charge is 2.12. The summed E-state index contributed by atoms with van der Waals surface area (Å²) in [7, 11) is 0.0248. The molecule has 0 saturated carbocycles. The highest BCUT2D eigenvalue weighted by molar-refractivity contribution is 8.17. The van der Waals surface area contributed by atoms with Crippen LogP contribution in [0.5, 0.6) is 0 Å². The minimum absolute atomic E-state index is 0.000278. The van der Waals surface area contributed by atoms with Crippen LogP contribution in [-0.2, 0) is 0 Å². The lowest BCUT2D eigenvalue weighted by molar-refractivity contribution is 0.750. The van der Waals surface area contributed by atoms with Gasteiger partial charge in [-0.3, -0.25) is 0 Å². The lowest BCUT2D eigenvalue weighted by Gasteiger charge is -2.28. The van der Waals surface area contributed by atoms with Gasteiger partial charge in [-0.05, 0) is 24.3 Å². The van der Waals surface area contributed by atoms with Crippen LogP contribution in [0, 0.1) is 0 Å². The molecule has 9 heavy (non-hydrogen) atoms. The van der Waals surface area contributed by atoms with E-state index in [0.717, 1.165) is 0 Å². The molecule has 0 bridgehead atoms. The van der Waals surface area contributed by atoms with Gasteiger partial charge >= 0.3 is 0 Å². The molecular weight excluding hydrogens is 132 g/mol. The topological polar surface area (TPSA) is 52.0 Å². The van der Waals surface area contributed by atoms with Crippen molar-refractivity contribution in [2.75, 3.05) is 11.5 Å². The van der Waals surface area contributed by atoms with E-state index in [2.05, 4.69) is 0 Å². The first-order valence-electron chi connectivity index (χ1n) is 3.56. The van der Waals surface area contributed by atoms with Gasteiger partial charge < -0.3 is 11.5 Å². The SMILES string of the molecule is NC(N)[SH]1CCCCC1. The molecule has 1 heterocycles. The molecule has 0 aromatic carbocycles. The summed E-state index contributed by atoms with van der Waals surface area (Å²) in [6.45, 7) is 0.